The van der Waals surface area contributed by atoms with Crippen LogP contribution in [0.1, 0.15) is 0 Å². The molecule has 0 unspecified atom stereocenters. The van der Waals surface area contributed by atoms with E-state index in [0.717, 1.165) is 12.1 Å². The van der Waals surface area contributed by atoms with E-state index in [1.807, 2.05) is 0 Å². The van der Waals surface area contributed by atoms with Gasteiger partial charge in [-0.3, -0.25) is 5.32 Å². The monoisotopic (exact) mass is 415 g/mol. The van der Waals surface area contributed by atoms with Gasteiger partial charge in [-0.25, -0.2) is 9.18 Å². The molecule has 0 aliphatic rings. The van der Waals surface area contributed by atoms with Crippen LogP contribution in [0.25, 0.3) is 0 Å². The van der Waals surface area contributed by atoms with Crippen molar-refractivity contribution >= 4 is 23.4 Å². The second-order valence-electron chi connectivity index (χ2n) is 4.73. The average Bonchev–Trinajstić information content (AvgIpc) is 2.54. The average molecular weight is 416 g/mol. The Kier molecular flexibility index (Phi) is 6.55. The molecule has 1 rings (SSSR count). The minimum absolute atomic E-state index is 0.0680. The van der Waals surface area contributed by atoms with Crippen LogP contribution in [-0.2, 0) is 4.74 Å². The van der Waals surface area contributed by atoms with Crippen LogP contribution in [0.3, 0.4) is 0 Å². The van der Waals surface area contributed by atoms with Crippen LogP contribution >= 0.6 is 11.6 Å². The molecule has 1 aromatic carbocycles. The standard InChI is InChI=1S/C13H10ClF8NO3/c1-25-8-3-2-6(4-7(8)14)23-10(24)26-9(16)12(19,20)13(21,22)11(17,18)5-15/h2-4,9H,5H2,1H3,(H,23,24)/t9-/m0/s1. The molecule has 0 bridgehead atoms. The lowest BCUT2D eigenvalue weighted by atomic mass is 10.1. The van der Waals surface area contributed by atoms with Gasteiger partial charge in [0.05, 0.1) is 12.1 Å². The number of carbonyl (C=O) groups is 1. The van der Waals surface area contributed by atoms with Gasteiger partial charge >= 0.3 is 30.2 Å². The first-order chi connectivity index (χ1) is 11.8. The molecule has 0 aliphatic heterocycles. The zero-order valence-corrected chi connectivity index (χ0v) is 13.4. The summed E-state index contributed by atoms with van der Waals surface area (Å²) in [6.07, 6.45) is -6.51. The van der Waals surface area contributed by atoms with E-state index in [1.54, 1.807) is 5.32 Å². The largest absolute Gasteiger partial charge is 0.495 e. The predicted molar refractivity (Wildman–Crippen MR) is 73.8 cm³/mol. The molecule has 0 saturated carbocycles. The molecule has 148 valence electrons. The van der Waals surface area contributed by atoms with E-state index in [1.165, 1.54) is 13.2 Å². The molecule has 0 saturated heterocycles. The first kappa shape index (κ1) is 22.1. The van der Waals surface area contributed by atoms with Crippen LogP contribution in [0.15, 0.2) is 18.2 Å². The summed E-state index contributed by atoms with van der Waals surface area (Å²) < 4.78 is 111. The van der Waals surface area contributed by atoms with Gasteiger partial charge in [0.2, 0.25) is 0 Å². The third-order valence-electron chi connectivity index (χ3n) is 2.94. The summed E-state index contributed by atoms with van der Waals surface area (Å²) in [6.45, 7) is -3.18. The lowest BCUT2D eigenvalue weighted by molar-refractivity contribution is -0.348. The SMILES string of the molecule is COc1ccc(NC(=O)O[C@H](F)C(F)(F)C(F)(F)C(F)(F)CF)cc1Cl. The van der Waals surface area contributed by atoms with E-state index in [2.05, 4.69) is 4.74 Å². The Labute approximate surface area is 146 Å². The summed E-state index contributed by atoms with van der Waals surface area (Å²) in [4.78, 5) is 11.3. The highest BCUT2D eigenvalue weighted by atomic mass is 35.5. The van der Waals surface area contributed by atoms with Crippen molar-refractivity contribution in [2.45, 2.75) is 24.1 Å². The Balaban J connectivity index is 2.87. The highest BCUT2D eigenvalue weighted by Gasteiger charge is 2.76. The number of halogens is 9. The minimum Gasteiger partial charge on any atom is -0.495 e. The van der Waals surface area contributed by atoms with E-state index in [0.29, 0.717) is 0 Å². The number of hydrogen-bond acceptors (Lipinski definition) is 3. The van der Waals surface area contributed by atoms with E-state index < -0.39 is 36.9 Å². The summed E-state index contributed by atoms with van der Waals surface area (Å²) >= 11 is 5.69. The van der Waals surface area contributed by atoms with Crippen molar-refractivity contribution in [2.75, 3.05) is 19.1 Å². The van der Waals surface area contributed by atoms with E-state index in [-0.39, 0.29) is 16.5 Å². The summed E-state index contributed by atoms with van der Waals surface area (Å²) in [5, 5.41) is 1.59. The fourth-order valence-electron chi connectivity index (χ4n) is 1.53. The van der Waals surface area contributed by atoms with Crippen LogP contribution in [0, 0.1) is 0 Å². The second-order valence-corrected chi connectivity index (χ2v) is 5.14. The molecule has 0 heterocycles. The maximum atomic E-state index is 13.3. The number of amides is 1. The molecule has 0 spiro atoms. The van der Waals surface area contributed by atoms with Crippen molar-refractivity contribution in [1.29, 1.82) is 0 Å². The molecule has 1 N–H and O–H groups in total. The number of rotatable bonds is 7. The zero-order chi connectivity index (χ0) is 20.3. The number of hydrogen-bond donors (Lipinski definition) is 1. The fourth-order valence-corrected chi connectivity index (χ4v) is 1.79. The van der Waals surface area contributed by atoms with Crippen LogP contribution < -0.4 is 10.1 Å². The van der Waals surface area contributed by atoms with Gasteiger partial charge in [-0.15, -0.1) is 0 Å². The lowest BCUT2D eigenvalue weighted by Gasteiger charge is -2.32. The molecule has 0 aliphatic carbocycles. The zero-order valence-electron chi connectivity index (χ0n) is 12.6. The lowest BCUT2D eigenvalue weighted by Crippen LogP contribution is -2.60. The van der Waals surface area contributed by atoms with Crippen molar-refractivity contribution < 1.29 is 49.4 Å². The number of carbonyl (C=O) groups excluding carboxylic acids is 1. The van der Waals surface area contributed by atoms with Crippen LogP contribution in [-0.4, -0.2) is 44.0 Å². The summed E-state index contributed by atoms with van der Waals surface area (Å²) in [5.74, 6) is -18.4. The molecule has 1 amide bonds. The minimum atomic E-state index is -6.46. The molecule has 1 aromatic rings. The summed E-state index contributed by atoms with van der Waals surface area (Å²) in [7, 11) is 1.26. The third kappa shape index (κ3) is 4.22. The first-order valence-corrected chi connectivity index (χ1v) is 6.82. The molecule has 1 atom stereocenters. The Hall–Kier alpha value is -1.98. The van der Waals surface area contributed by atoms with Crippen molar-refractivity contribution in [2.24, 2.45) is 0 Å². The Bertz CT molecular complexity index is 658. The van der Waals surface area contributed by atoms with Gasteiger partial charge in [-0.2, -0.15) is 30.7 Å². The Morgan fingerprint density at radius 2 is 1.81 bits per heavy atom. The van der Waals surface area contributed by atoms with Gasteiger partial charge in [0, 0.05) is 5.69 Å². The first-order valence-electron chi connectivity index (χ1n) is 6.44. The van der Waals surface area contributed by atoms with Crippen molar-refractivity contribution in [3.05, 3.63) is 23.2 Å². The van der Waals surface area contributed by atoms with Crippen LogP contribution in [0.5, 0.6) is 5.75 Å². The quantitative estimate of drug-likeness (QED) is 0.633. The highest BCUT2D eigenvalue weighted by molar-refractivity contribution is 6.32. The highest BCUT2D eigenvalue weighted by Crippen LogP contribution is 2.48. The summed E-state index contributed by atoms with van der Waals surface area (Å²) in [5.41, 5.74) is -0.239. The molecular formula is C13H10ClF8NO3. The van der Waals surface area contributed by atoms with Crippen LogP contribution in [0.4, 0.5) is 45.6 Å². The van der Waals surface area contributed by atoms with Gasteiger partial charge in [-0.1, -0.05) is 11.6 Å². The number of nitrogens with one attached hydrogen (secondary N) is 1. The third-order valence-corrected chi connectivity index (χ3v) is 3.23. The topological polar surface area (TPSA) is 47.6 Å². The smallest absolute Gasteiger partial charge is 0.414 e. The maximum absolute atomic E-state index is 13.3. The summed E-state index contributed by atoms with van der Waals surface area (Å²) in [6, 6.07) is 3.32. The van der Waals surface area contributed by atoms with Crippen molar-refractivity contribution in [3.63, 3.8) is 0 Å². The van der Waals surface area contributed by atoms with Gasteiger partial charge in [0.15, 0.2) is 6.67 Å². The Morgan fingerprint density at radius 1 is 1.23 bits per heavy atom. The Morgan fingerprint density at radius 3 is 2.27 bits per heavy atom. The fraction of sp³-hybridized carbons (Fsp3) is 0.462. The molecule has 0 aromatic heterocycles. The normalized spacial score (nSPS) is 13.9. The van der Waals surface area contributed by atoms with Crippen molar-refractivity contribution in [3.8, 4) is 5.75 Å². The van der Waals surface area contributed by atoms with Gasteiger partial charge in [0.1, 0.15) is 5.75 Å². The van der Waals surface area contributed by atoms with Gasteiger partial charge < -0.3 is 9.47 Å². The van der Waals surface area contributed by atoms with E-state index >= 15 is 0 Å². The number of anilines is 1. The molecular weight excluding hydrogens is 406 g/mol. The molecule has 0 fully saturated rings. The molecule has 26 heavy (non-hydrogen) atoms. The van der Waals surface area contributed by atoms with E-state index in [9.17, 15) is 39.9 Å². The molecule has 4 nitrogen and oxygen atoms in total. The number of ether oxygens (including phenoxy) is 2. The maximum Gasteiger partial charge on any atom is 0.414 e. The molecule has 0 radical (unpaired) electrons. The number of methoxy groups -OCH3 is 1. The van der Waals surface area contributed by atoms with Gasteiger partial charge in [0.25, 0.3) is 0 Å². The van der Waals surface area contributed by atoms with Gasteiger partial charge in [-0.05, 0) is 18.2 Å². The number of alkyl halides is 8. The molecule has 13 heteroatoms. The number of benzene rings is 1. The van der Waals surface area contributed by atoms with Crippen LogP contribution in [0.2, 0.25) is 5.02 Å². The predicted octanol–water partition coefficient (Wildman–Crippen LogP) is 5.07. The van der Waals surface area contributed by atoms with E-state index in [4.69, 9.17) is 16.3 Å². The van der Waals surface area contributed by atoms with Crippen molar-refractivity contribution in [1.82, 2.24) is 0 Å². The second kappa shape index (κ2) is 7.72.